The van der Waals surface area contributed by atoms with Crippen molar-refractivity contribution in [1.82, 2.24) is 4.98 Å². The summed E-state index contributed by atoms with van der Waals surface area (Å²) < 4.78 is 11.9. The summed E-state index contributed by atoms with van der Waals surface area (Å²) in [4.78, 5) is 15.9. The lowest BCUT2D eigenvalue weighted by Gasteiger charge is -2.08. The van der Waals surface area contributed by atoms with E-state index in [1.54, 1.807) is 6.07 Å². The predicted octanol–water partition coefficient (Wildman–Crippen LogP) is 5.49. The second-order valence-corrected chi connectivity index (χ2v) is 6.52. The molecule has 0 N–H and O–H groups in total. The van der Waals surface area contributed by atoms with Gasteiger partial charge in [0.2, 0.25) is 0 Å². The van der Waals surface area contributed by atoms with E-state index in [-0.39, 0.29) is 5.97 Å². The fourth-order valence-electron chi connectivity index (χ4n) is 2.58. The minimum atomic E-state index is -0.365. The van der Waals surface area contributed by atoms with Gasteiger partial charge in [0, 0.05) is 22.3 Å². The van der Waals surface area contributed by atoms with Gasteiger partial charge >= 0.3 is 5.97 Å². The van der Waals surface area contributed by atoms with E-state index in [1.165, 1.54) is 6.92 Å². The Kier molecular flexibility index (Phi) is 5.68. The molecule has 0 unspecified atom stereocenters. The summed E-state index contributed by atoms with van der Waals surface area (Å²) >= 11 is 3.49. The molecule has 0 radical (unpaired) electrons. The lowest BCUT2D eigenvalue weighted by molar-refractivity contribution is -0.131. The fourth-order valence-corrected chi connectivity index (χ4v) is 2.96. The third-order valence-corrected chi connectivity index (χ3v) is 4.16. The number of fused-ring (bicyclic) bond motifs is 1. The van der Waals surface area contributed by atoms with Crippen molar-refractivity contribution in [3.8, 4) is 11.5 Å². The molecule has 0 bridgehead atoms. The van der Waals surface area contributed by atoms with Crippen LogP contribution in [0.5, 0.6) is 11.5 Å². The van der Waals surface area contributed by atoms with Crippen molar-refractivity contribution < 1.29 is 14.3 Å². The average molecular weight is 412 g/mol. The maximum absolute atomic E-state index is 11.3. The van der Waals surface area contributed by atoms with Crippen molar-refractivity contribution in [3.05, 3.63) is 64.3 Å². The molecule has 0 aliphatic carbocycles. The minimum absolute atomic E-state index is 0.365. The minimum Gasteiger partial charge on any atom is -0.493 e. The molecule has 0 aliphatic rings. The monoisotopic (exact) mass is 411 g/mol. The van der Waals surface area contributed by atoms with Crippen molar-refractivity contribution >= 4 is 45.0 Å². The molecule has 0 spiro atoms. The van der Waals surface area contributed by atoms with Crippen LogP contribution in [0, 0.1) is 0 Å². The molecule has 0 saturated carbocycles. The van der Waals surface area contributed by atoms with Gasteiger partial charge < -0.3 is 9.47 Å². The van der Waals surface area contributed by atoms with Gasteiger partial charge in [-0.25, -0.2) is 4.98 Å². The van der Waals surface area contributed by atoms with Crippen LogP contribution in [0.3, 0.4) is 0 Å². The molecule has 0 saturated heterocycles. The Bertz CT molecular complexity index is 982. The van der Waals surface area contributed by atoms with Crippen LogP contribution in [-0.2, 0) is 4.79 Å². The third-order valence-electron chi connectivity index (χ3n) is 3.66. The van der Waals surface area contributed by atoms with E-state index < -0.39 is 0 Å². The van der Waals surface area contributed by atoms with Gasteiger partial charge in [-0.15, -0.1) is 0 Å². The number of rotatable bonds is 5. The molecular formula is C21H18BrNO3. The van der Waals surface area contributed by atoms with E-state index in [4.69, 9.17) is 9.47 Å². The Morgan fingerprint density at radius 3 is 2.73 bits per heavy atom. The lowest BCUT2D eigenvalue weighted by atomic mass is 10.1. The average Bonchev–Trinajstić information content (AvgIpc) is 2.62. The van der Waals surface area contributed by atoms with E-state index in [2.05, 4.69) is 20.9 Å². The number of nitrogens with zero attached hydrogens (tertiary/aromatic N) is 1. The third kappa shape index (κ3) is 4.29. The second kappa shape index (κ2) is 8.15. The summed E-state index contributed by atoms with van der Waals surface area (Å²) in [7, 11) is 0. The molecule has 2 aromatic carbocycles. The van der Waals surface area contributed by atoms with Crippen LogP contribution < -0.4 is 9.47 Å². The van der Waals surface area contributed by atoms with E-state index in [0.29, 0.717) is 17.9 Å². The number of aromatic nitrogens is 1. The Labute approximate surface area is 160 Å². The van der Waals surface area contributed by atoms with Gasteiger partial charge in [-0.05, 0) is 49.4 Å². The molecule has 26 heavy (non-hydrogen) atoms. The van der Waals surface area contributed by atoms with Gasteiger partial charge in [0.05, 0.1) is 12.3 Å². The van der Waals surface area contributed by atoms with Gasteiger partial charge in [0.1, 0.15) is 11.3 Å². The topological polar surface area (TPSA) is 48.4 Å². The number of benzene rings is 2. The van der Waals surface area contributed by atoms with E-state index >= 15 is 0 Å². The zero-order valence-corrected chi connectivity index (χ0v) is 16.1. The molecule has 0 aliphatic heterocycles. The molecule has 0 atom stereocenters. The highest BCUT2D eigenvalue weighted by atomic mass is 79.9. The molecule has 5 heteroatoms. The highest BCUT2D eigenvalue weighted by Crippen LogP contribution is 2.27. The number of carbonyl (C=O) groups is 1. The van der Waals surface area contributed by atoms with E-state index in [0.717, 1.165) is 26.9 Å². The van der Waals surface area contributed by atoms with Crippen LogP contribution in [0.1, 0.15) is 25.1 Å². The van der Waals surface area contributed by atoms with Crippen LogP contribution in [0.15, 0.2) is 53.0 Å². The SMILES string of the molecule is CCOc1ccc(Br)cc1C=Cc1ccc2cccc(OC(C)=O)c2n1. The normalized spacial score (nSPS) is 11.0. The standard InChI is InChI=1S/C21H18BrNO3/c1-3-25-19-12-9-17(22)13-16(19)8-11-18-10-7-15-5-4-6-20(21(15)23-18)26-14(2)24/h4-13H,3H2,1-2H3. The zero-order chi connectivity index (χ0) is 18.5. The van der Waals surface area contributed by atoms with Crippen LogP contribution in [0.4, 0.5) is 0 Å². The van der Waals surface area contributed by atoms with Crippen LogP contribution >= 0.6 is 15.9 Å². The maximum atomic E-state index is 11.3. The van der Waals surface area contributed by atoms with Gasteiger partial charge in [-0.2, -0.15) is 0 Å². The summed E-state index contributed by atoms with van der Waals surface area (Å²) in [5.41, 5.74) is 2.38. The van der Waals surface area contributed by atoms with Gasteiger partial charge in [-0.3, -0.25) is 4.79 Å². The van der Waals surface area contributed by atoms with Crippen molar-refractivity contribution in [1.29, 1.82) is 0 Å². The molecule has 0 fully saturated rings. The van der Waals surface area contributed by atoms with Crippen molar-refractivity contribution in [3.63, 3.8) is 0 Å². The van der Waals surface area contributed by atoms with Crippen LogP contribution in [0.25, 0.3) is 23.1 Å². The molecule has 1 aromatic heterocycles. The number of hydrogen-bond acceptors (Lipinski definition) is 4. The predicted molar refractivity (Wildman–Crippen MR) is 107 cm³/mol. The first kappa shape index (κ1) is 18.1. The number of carbonyl (C=O) groups excluding carboxylic acids is 1. The molecule has 3 rings (SSSR count). The number of para-hydroxylation sites is 1. The number of ether oxygens (including phenoxy) is 2. The smallest absolute Gasteiger partial charge is 0.308 e. The Hall–Kier alpha value is -2.66. The summed E-state index contributed by atoms with van der Waals surface area (Å²) in [6.45, 7) is 3.94. The van der Waals surface area contributed by atoms with Gasteiger partial charge in [0.25, 0.3) is 0 Å². The first-order chi connectivity index (χ1) is 12.6. The van der Waals surface area contributed by atoms with E-state index in [9.17, 15) is 4.79 Å². The Morgan fingerprint density at radius 2 is 1.96 bits per heavy atom. The highest BCUT2D eigenvalue weighted by Gasteiger charge is 2.07. The van der Waals surface area contributed by atoms with Crippen molar-refractivity contribution in [2.75, 3.05) is 6.61 Å². The molecule has 4 nitrogen and oxygen atoms in total. The second-order valence-electron chi connectivity index (χ2n) is 5.61. The fraction of sp³-hybridized carbons (Fsp3) is 0.143. The largest absolute Gasteiger partial charge is 0.493 e. The lowest BCUT2D eigenvalue weighted by Crippen LogP contribution is -2.02. The van der Waals surface area contributed by atoms with Crippen LogP contribution in [0.2, 0.25) is 0 Å². The van der Waals surface area contributed by atoms with Crippen LogP contribution in [-0.4, -0.2) is 17.6 Å². The highest BCUT2D eigenvalue weighted by molar-refractivity contribution is 9.10. The van der Waals surface area contributed by atoms with Crippen molar-refractivity contribution in [2.24, 2.45) is 0 Å². The molecular weight excluding hydrogens is 394 g/mol. The summed E-state index contributed by atoms with van der Waals surface area (Å²) in [5, 5.41) is 0.915. The summed E-state index contributed by atoms with van der Waals surface area (Å²) in [5.74, 6) is 0.909. The molecule has 0 amide bonds. The number of pyridine rings is 1. The first-order valence-corrected chi connectivity index (χ1v) is 9.04. The van der Waals surface area contributed by atoms with Gasteiger partial charge in [-0.1, -0.05) is 34.1 Å². The Morgan fingerprint density at radius 1 is 1.12 bits per heavy atom. The molecule has 3 aromatic rings. The Balaban J connectivity index is 1.97. The first-order valence-electron chi connectivity index (χ1n) is 8.25. The molecule has 132 valence electrons. The molecule has 1 heterocycles. The number of hydrogen-bond donors (Lipinski definition) is 0. The number of esters is 1. The van der Waals surface area contributed by atoms with E-state index in [1.807, 2.05) is 61.5 Å². The number of halogens is 1. The summed E-state index contributed by atoms with van der Waals surface area (Å²) in [6.07, 6.45) is 3.87. The van der Waals surface area contributed by atoms with Gasteiger partial charge in [0.15, 0.2) is 5.75 Å². The quantitative estimate of drug-likeness (QED) is 0.411. The summed E-state index contributed by atoms with van der Waals surface area (Å²) in [6, 6.07) is 15.3. The van der Waals surface area contributed by atoms with Crippen molar-refractivity contribution in [2.45, 2.75) is 13.8 Å². The maximum Gasteiger partial charge on any atom is 0.308 e. The zero-order valence-electron chi connectivity index (χ0n) is 14.5.